The summed E-state index contributed by atoms with van der Waals surface area (Å²) in [6.07, 6.45) is -4.81. The van der Waals surface area contributed by atoms with Crippen LogP contribution < -0.4 is 15.1 Å². The van der Waals surface area contributed by atoms with Crippen molar-refractivity contribution in [3.05, 3.63) is 109 Å². The summed E-state index contributed by atoms with van der Waals surface area (Å²) in [5.74, 6) is -4.03. The SMILES string of the molecule is Cc1ccc(NC(=O)Cn2c3c(sc2=O)[C@@H](c2ccc(Cl)cc2)[C@@H]2C(=O)N(c4ccccc4C(F)(F)F)C(=O)[C@@H]2S3)cc1. The average molecular weight is 644 g/mol. The van der Waals surface area contributed by atoms with E-state index in [0.717, 1.165) is 40.8 Å². The molecule has 1 aromatic heterocycles. The molecule has 0 spiro atoms. The highest BCUT2D eigenvalue weighted by molar-refractivity contribution is 8.00. The molecule has 0 radical (unpaired) electrons. The minimum Gasteiger partial charge on any atom is -0.325 e. The van der Waals surface area contributed by atoms with E-state index in [-0.39, 0.29) is 6.54 Å². The molecule has 2 aliphatic heterocycles. The Kier molecular flexibility index (Phi) is 7.47. The monoisotopic (exact) mass is 643 g/mol. The van der Waals surface area contributed by atoms with Crippen LogP contribution in [0.3, 0.4) is 0 Å². The van der Waals surface area contributed by atoms with Gasteiger partial charge in [0.05, 0.1) is 22.2 Å². The number of thiazole rings is 1. The van der Waals surface area contributed by atoms with Crippen molar-refractivity contribution in [2.24, 2.45) is 5.92 Å². The van der Waals surface area contributed by atoms with Gasteiger partial charge in [0.2, 0.25) is 17.7 Å². The number of hydrogen-bond donors (Lipinski definition) is 1. The number of fused-ring (bicyclic) bond motifs is 2. The number of thioether (sulfide) groups is 1. The number of carbonyl (C=O) groups is 3. The van der Waals surface area contributed by atoms with Gasteiger partial charge in [0.1, 0.15) is 11.8 Å². The fourth-order valence-electron chi connectivity index (χ4n) is 5.41. The van der Waals surface area contributed by atoms with Crippen molar-refractivity contribution in [3.8, 4) is 0 Å². The standard InChI is InChI=1S/C30H21ClF3N3O4S2/c1-15-6-12-18(13-7-15)35-21(38)14-36-28-25(43-29(36)41)22(16-8-10-17(31)11-9-16)23-24(42-28)27(40)37(26(23)39)20-5-3-2-4-19(20)30(32,33)34/h2-13,22-24H,14H2,1H3,(H,35,38)/t22-,23-,24+/m0/s1. The molecule has 4 aromatic rings. The van der Waals surface area contributed by atoms with Crippen molar-refractivity contribution in [1.82, 2.24) is 4.57 Å². The Balaban J connectivity index is 1.43. The van der Waals surface area contributed by atoms with Crippen LogP contribution in [0.2, 0.25) is 5.02 Å². The summed E-state index contributed by atoms with van der Waals surface area (Å²) < 4.78 is 43.0. The Morgan fingerprint density at radius 2 is 1.63 bits per heavy atom. The van der Waals surface area contributed by atoms with Crippen molar-refractivity contribution in [2.45, 2.75) is 35.8 Å². The highest BCUT2D eigenvalue weighted by Crippen LogP contribution is 2.54. The number of para-hydroxylation sites is 1. The predicted octanol–water partition coefficient (Wildman–Crippen LogP) is 6.32. The number of imide groups is 1. The van der Waals surface area contributed by atoms with Crippen LogP contribution in [0, 0.1) is 12.8 Å². The van der Waals surface area contributed by atoms with Crippen molar-refractivity contribution >= 4 is 63.8 Å². The van der Waals surface area contributed by atoms with E-state index in [0.29, 0.717) is 31.1 Å². The molecule has 0 saturated carbocycles. The van der Waals surface area contributed by atoms with Crippen molar-refractivity contribution in [2.75, 3.05) is 10.2 Å². The Morgan fingerprint density at radius 3 is 2.30 bits per heavy atom. The molecular formula is C30H21ClF3N3O4S2. The number of carbonyl (C=O) groups excluding carboxylic acids is 3. The first kappa shape index (κ1) is 29.2. The molecule has 2 aliphatic rings. The van der Waals surface area contributed by atoms with Crippen LogP contribution >= 0.6 is 34.7 Å². The summed E-state index contributed by atoms with van der Waals surface area (Å²) in [7, 11) is 0. The van der Waals surface area contributed by atoms with Crippen LogP contribution in [0.4, 0.5) is 24.5 Å². The van der Waals surface area contributed by atoms with Crippen LogP contribution in [-0.2, 0) is 27.1 Å². The summed E-state index contributed by atoms with van der Waals surface area (Å²) in [5, 5.41) is 2.35. The van der Waals surface area contributed by atoms with Crippen molar-refractivity contribution < 1.29 is 27.6 Å². The maximum Gasteiger partial charge on any atom is 0.418 e. The fraction of sp³-hybridized carbons (Fsp3) is 0.200. The number of nitrogens with zero attached hydrogens (tertiary/aromatic N) is 2. The number of halogens is 4. The van der Waals surface area contributed by atoms with Gasteiger partial charge in [-0.25, -0.2) is 4.90 Å². The van der Waals surface area contributed by atoms with Crippen molar-refractivity contribution in [3.63, 3.8) is 0 Å². The molecule has 0 bridgehead atoms. The predicted molar refractivity (Wildman–Crippen MR) is 159 cm³/mol. The van der Waals surface area contributed by atoms with Gasteiger partial charge in [-0.15, -0.1) is 0 Å². The first-order chi connectivity index (χ1) is 20.4. The molecule has 13 heteroatoms. The number of nitrogens with one attached hydrogen (secondary N) is 1. The fourth-order valence-corrected chi connectivity index (χ4v) is 8.31. The number of aromatic nitrogens is 1. The summed E-state index contributed by atoms with van der Waals surface area (Å²) in [6.45, 7) is 1.54. The second-order valence-electron chi connectivity index (χ2n) is 10.2. The van der Waals surface area contributed by atoms with Gasteiger partial charge in [0.15, 0.2) is 0 Å². The molecule has 1 N–H and O–H groups in total. The third kappa shape index (κ3) is 5.28. The van der Waals surface area contributed by atoms with Gasteiger partial charge in [-0.3, -0.25) is 23.7 Å². The quantitative estimate of drug-likeness (QED) is 0.257. The van der Waals surface area contributed by atoms with Gasteiger partial charge >= 0.3 is 11.0 Å². The number of anilines is 2. The smallest absolute Gasteiger partial charge is 0.325 e. The molecule has 220 valence electrons. The number of benzene rings is 3. The van der Waals surface area contributed by atoms with Gasteiger partial charge in [-0.1, -0.05) is 76.7 Å². The van der Waals surface area contributed by atoms with E-state index in [1.807, 2.05) is 19.1 Å². The van der Waals surface area contributed by atoms with Crippen LogP contribution in [0.25, 0.3) is 0 Å². The Bertz CT molecular complexity index is 1820. The largest absolute Gasteiger partial charge is 0.418 e. The first-order valence-corrected chi connectivity index (χ1v) is 15.1. The molecule has 43 heavy (non-hydrogen) atoms. The average Bonchev–Trinajstić information content (AvgIpc) is 3.40. The molecule has 3 amide bonds. The third-order valence-electron chi connectivity index (χ3n) is 7.37. The van der Waals surface area contributed by atoms with Gasteiger partial charge in [-0.2, -0.15) is 13.2 Å². The summed E-state index contributed by atoms with van der Waals surface area (Å²) in [5.41, 5.74) is 0.444. The molecule has 3 heterocycles. The molecule has 3 atom stereocenters. The molecule has 1 fully saturated rings. The van der Waals surface area contributed by atoms with Crippen LogP contribution in [0.1, 0.15) is 27.5 Å². The van der Waals surface area contributed by atoms with E-state index in [1.54, 1.807) is 36.4 Å². The molecule has 3 aromatic carbocycles. The Hall–Kier alpha value is -3.87. The van der Waals surface area contributed by atoms with E-state index in [9.17, 15) is 32.3 Å². The van der Waals surface area contributed by atoms with Gasteiger partial charge in [0, 0.05) is 21.5 Å². The second kappa shape index (κ2) is 11.0. The number of rotatable bonds is 5. The molecule has 0 aliphatic carbocycles. The lowest BCUT2D eigenvalue weighted by Gasteiger charge is -2.30. The maximum atomic E-state index is 13.9. The van der Waals surface area contributed by atoms with Crippen LogP contribution in [-0.4, -0.2) is 27.5 Å². The second-order valence-corrected chi connectivity index (χ2v) is 12.7. The molecule has 0 unspecified atom stereocenters. The zero-order valence-corrected chi connectivity index (χ0v) is 24.6. The Labute approximate surface area is 256 Å². The van der Waals surface area contributed by atoms with E-state index >= 15 is 0 Å². The van der Waals surface area contributed by atoms with Gasteiger partial charge in [0.25, 0.3) is 0 Å². The topological polar surface area (TPSA) is 88.5 Å². The van der Waals surface area contributed by atoms with E-state index < -0.39 is 57.1 Å². The lowest BCUT2D eigenvalue weighted by molar-refractivity contribution is -0.137. The van der Waals surface area contributed by atoms with Crippen molar-refractivity contribution in [1.29, 1.82) is 0 Å². The normalized spacial score (nSPS) is 19.7. The van der Waals surface area contributed by atoms with Gasteiger partial charge < -0.3 is 5.32 Å². The summed E-state index contributed by atoms with van der Waals surface area (Å²) >= 11 is 7.87. The van der Waals surface area contributed by atoms with Crippen LogP contribution in [0.5, 0.6) is 0 Å². The molecule has 1 saturated heterocycles. The van der Waals surface area contributed by atoms with E-state index in [4.69, 9.17) is 11.6 Å². The summed E-state index contributed by atoms with van der Waals surface area (Å²) in [4.78, 5) is 54.6. The molecule has 6 rings (SSSR count). The van der Waals surface area contributed by atoms with E-state index in [1.165, 1.54) is 16.7 Å². The highest BCUT2D eigenvalue weighted by Gasteiger charge is 2.57. The van der Waals surface area contributed by atoms with E-state index in [2.05, 4.69) is 5.32 Å². The third-order valence-corrected chi connectivity index (χ3v) is 10.2. The van der Waals surface area contributed by atoms with Gasteiger partial charge in [-0.05, 0) is 48.9 Å². The van der Waals surface area contributed by atoms with Crippen LogP contribution in [0.15, 0.2) is 82.6 Å². The number of amides is 3. The number of aryl methyl sites for hydroxylation is 1. The zero-order chi connectivity index (χ0) is 30.6. The minimum absolute atomic E-state index is 0.322. The number of alkyl halides is 3. The maximum absolute atomic E-state index is 13.9. The lowest BCUT2D eigenvalue weighted by Crippen LogP contribution is -2.33. The lowest BCUT2D eigenvalue weighted by atomic mass is 9.83. The minimum atomic E-state index is -4.81. The molecular weight excluding hydrogens is 623 g/mol. The highest BCUT2D eigenvalue weighted by atomic mass is 35.5. The first-order valence-electron chi connectivity index (χ1n) is 13.0. The zero-order valence-electron chi connectivity index (χ0n) is 22.2. The Morgan fingerprint density at radius 1 is 0.953 bits per heavy atom. The number of hydrogen-bond acceptors (Lipinski definition) is 6. The summed E-state index contributed by atoms with van der Waals surface area (Å²) in [6, 6.07) is 18.1. The molecule has 7 nitrogen and oxygen atoms in total.